The van der Waals surface area contributed by atoms with Crippen LogP contribution in [0.1, 0.15) is 49.1 Å². The van der Waals surface area contributed by atoms with Crippen molar-refractivity contribution >= 4 is 28.1 Å². The second kappa shape index (κ2) is 8.61. The first kappa shape index (κ1) is 20.5. The second-order valence-corrected chi connectivity index (χ2v) is 8.58. The molecule has 0 aliphatic heterocycles. The summed E-state index contributed by atoms with van der Waals surface area (Å²) in [5.41, 5.74) is 5.57. The van der Waals surface area contributed by atoms with Crippen molar-refractivity contribution in [3.63, 3.8) is 0 Å². The third-order valence-corrected chi connectivity index (χ3v) is 6.38. The van der Waals surface area contributed by atoms with Gasteiger partial charge in [-0.05, 0) is 75.8 Å². The van der Waals surface area contributed by atoms with E-state index in [9.17, 15) is 4.79 Å². The van der Waals surface area contributed by atoms with Gasteiger partial charge in [0.05, 0.1) is 17.3 Å². The first-order chi connectivity index (χ1) is 15.6. The van der Waals surface area contributed by atoms with E-state index < -0.39 is 0 Å². The minimum atomic E-state index is -0.0306. The van der Waals surface area contributed by atoms with Crippen LogP contribution in [0.5, 0.6) is 5.75 Å². The highest BCUT2D eigenvalue weighted by Crippen LogP contribution is 2.30. The maximum absolute atomic E-state index is 12.8. The minimum absolute atomic E-state index is 0.0306. The van der Waals surface area contributed by atoms with Crippen molar-refractivity contribution in [2.45, 2.75) is 58.5 Å². The fourth-order valence-corrected chi connectivity index (χ4v) is 4.65. The second-order valence-electron chi connectivity index (χ2n) is 8.58. The summed E-state index contributed by atoms with van der Waals surface area (Å²) in [6, 6.07) is 15.7. The van der Waals surface area contributed by atoms with Crippen LogP contribution in [-0.2, 0) is 11.2 Å². The van der Waals surface area contributed by atoms with Gasteiger partial charge in [-0.2, -0.15) is 5.10 Å². The number of benzene rings is 2. The number of hydrogen-bond acceptors (Lipinski definition) is 4. The summed E-state index contributed by atoms with van der Waals surface area (Å²) in [4.78, 5) is 17.6. The zero-order valence-electron chi connectivity index (χ0n) is 18.6. The molecule has 2 heterocycles. The number of anilines is 1. The van der Waals surface area contributed by atoms with Crippen LogP contribution in [0.2, 0.25) is 0 Å². The number of ether oxygens (including phenoxy) is 1. The summed E-state index contributed by atoms with van der Waals surface area (Å²) < 4.78 is 8.05. The molecule has 0 spiro atoms. The zero-order chi connectivity index (χ0) is 22.1. The Morgan fingerprint density at radius 1 is 1.09 bits per heavy atom. The molecule has 32 heavy (non-hydrogen) atoms. The summed E-state index contributed by atoms with van der Waals surface area (Å²) >= 11 is 0. The molecule has 1 N–H and O–H groups in total. The number of aryl methyl sites for hydroxylation is 2. The van der Waals surface area contributed by atoms with Gasteiger partial charge in [-0.25, -0.2) is 9.50 Å². The van der Waals surface area contributed by atoms with E-state index in [1.165, 1.54) is 12.8 Å². The van der Waals surface area contributed by atoms with Gasteiger partial charge in [-0.3, -0.25) is 4.79 Å². The molecule has 5 rings (SSSR count). The van der Waals surface area contributed by atoms with Crippen LogP contribution in [0.3, 0.4) is 0 Å². The van der Waals surface area contributed by atoms with Crippen molar-refractivity contribution in [1.82, 2.24) is 14.6 Å². The van der Waals surface area contributed by atoms with E-state index in [0.717, 1.165) is 57.8 Å². The number of rotatable bonds is 6. The molecule has 6 heteroatoms. The topological polar surface area (TPSA) is 68.5 Å². The van der Waals surface area contributed by atoms with Crippen LogP contribution >= 0.6 is 0 Å². The Hall–Kier alpha value is -3.41. The standard InChI is InChI=1S/C26H28N4O2/c1-17-20(18(2)30-26(27-17)21-11-5-6-12-22(21)29-30)15-16-25(31)28-23-13-7-8-14-24(23)32-19-9-3-4-10-19/h5-8,11-14,19H,3-4,9-10,15-16H2,1-2H3,(H,28,31). The monoisotopic (exact) mass is 428 g/mol. The van der Waals surface area contributed by atoms with E-state index in [-0.39, 0.29) is 12.0 Å². The quantitative estimate of drug-likeness (QED) is 0.447. The van der Waals surface area contributed by atoms with Crippen molar-refractivity contribution in [3.8, 4) is 5.75 Å². The smallest absolute Gasteiger partial charge is 0.224 e. The van der Waals surface area contributed by atoms with Gasteiger partial charge in [-0.15, -0.1) is 0 Å². The maximum atomic E-state index is 12.8. The lowest BCUT2D eigenvalue weighted by molar-refractivity contribution is -0.116. The largest absolute Gasteiger partial charge is 0.488 e. The maximum Gasteiger partial charge on any atom is 0.224 e. The molecule has 2 aromatic heterocycles. The lowest BCUT2D eigenvalue weighted by atomic mass is 10.1. The summed E-state index contributed by atoms with van der Waals surface area (Å²) in [7, 11) is 0. The fourth-order valence-electron chi connectivity index (χ4n) is 4.65. The van der Waals surface area contributed by atoms with Crippen LogP contribution in [0.25, 0.3) is 16.6 Å². The summed E-state index contributed by atoms with van der Waals surface area (Å²) in [5, 5.41) is 8.80. The number of nitrogens with zero attached hydrogens (tertiary/aromatic N) is 3. The third-order valence-electron chi connectivity index (χ3n) is 6.38. The molecule has 1 amide bonds. The molecule has 1 aliphatic carbocycles. The predicted molar refractivity (Wildman–Crippen MR) is 126 cm³/mol. The SMILES string of the molecule is Cc1nc2c3ccccc3nn2c(C)c1CCC(=O)Nc1ccccc1OC1CCCC1. The molecule has 1 aliphatic rings. The number of aromatic nitrogens is 3. The Balaban J connectivity index is 1.32. The summed E-state index contributed by atoms with van der Waals surface area (Å²) in [6.45, 7) is 4.05. The third kappa shape index (κ3) is 3.93. The fraction of sp³-hybridized carbons (Fsp3) is 0.346. The van der Waals surface area contributed by atoms with E-state index in [1.807, 2.05) is 66.9 Å². The van der Waals surface area contributed by atoms with E-state index in [1.54, 1.807) is 0 Å². The average molecular weight is 429 g/mol. The van der Waals surface area contributed by atoms with Gasteiger partial charge in [-0.1, -0.05) is 24.3 Å². The van der Waals surface area contributed by atoms with Crippen LogP contribution < -0.4 is 10.1 Å². The molecule has 4 aromatic rings. The number of fused-ring (bicyclic) bond motifs is 3. The highest BCUT2D eigenvalue weighted by atomic mass is 16.5. The first-order valence-corrected chi connectivity index (χ1v) is 11.4. The minimum Gasteiger partial charge on any atom is -0.488 e. The van der Waals surface area contributed by atoms with Crippen LogP contribution in [-0.4, -0.2) is 26.6 Å². The van der Waals surface area contributed by atoms with Crippen molar-refractivity contribution < 1.29 is 9.53 Å². The van der Waals surface area contributed by atoms with Crippen LogP contribution in [0, 0.1) is 13.8 Å². The van der Waals surface area contributed by atoms with Gasteiger partial charge >= 0.3 is 0 Å². The Morgan fingerprint density at radius 3 is 2.69 bits per heavy atom. The molecule has 1 fully saturated rings. The lowest BCUT2D eigenvalue weighted by Gasteiger charge is -2.17. The van der Waals surface area contributed by atoms with Crippen molar-refractivity contribution in [3.05, 3.63) is 65.5 Å². The van der Waals surface area contributed by atoms with Gasteiger partial charge in [0.1, 0.15) is 5.75 Å². The Labute approximate surface area is 187 Å². The van der Waals surface area contributed by atoms with Crippen LogP contribution in [0.15, 0.2) is 48.5 Å². The molecule has 0 bridgehead atoms. The van der Waals surface area contributed by atoms with Crippen LogP contribution in [0.4, 0.5) is 5.69 Å². The Morgan fingerprint density at radius 2 is 1.84 bits per heavy atom. The zero-order valence-corrected chi connectivity index (χ0v) is 18.6. The Bertz CT molecular complexity index is 1290. The van der Waals surface area contributed by atoms with Gasteiger partial charge in [0.15, 0.2) is 5.65 Å². The van der Waals surface area contributed by atoms with Gasteiger partial charge in [0.25, 0.3) is 0 Å². The van der Waals surface area contributed by atoms with Gasteiger partial charge in [0, 0.05) is 23.2 Å². The lowest BCUT2D eigenvalue weighted by Crippen LogP contribution is -2.17. The first-order valence-electron chi connectivity index (χ1n) is 11.4. The molecule has 0 atom stereocenters. The predicted octanol–water partition coefficient (Wildman–Crippen LogP) is 5.39. The van der Waals surface area contributed by atoms with E-state index in [4.69, 9.17) is 14.8 Å². The van der Waals surface area contributed by atoms with Crippen molar-refractivity contribution in [2.24, 2.45) is 0 Å². The number of nitrogens with one attached hydrogen (secondary N) is 1. The normalized spacial score (nSPS) is 14.3. The number of hydrogen-bond donors (Lipinski definition) is 1. The number of amides is 1. The molecule has 6 nitrogen and oxygen atoms in total. The molecule has 0 unspecified atom stereocenters. The van der Waals surface area contributed by atoms with E-state index >= 15 is 0 Å². The highest BCUT2D eigenvalue weighted by molar-refractivity contribution is 5.93. The highest BCUT2D eigenvalue weighted by Gasteiger charge is 2.19. The van der Waals surface area contributed by atoms with Crippen molar-refractivity contribution in [1.29, 1.82) is 0 Å². The Kier molecular flexibility index (Phi) is 5.52. The molecule has 0 radical (unpaired) electrons. The van der Waals surface area contributed by atoms with E-state index in [0.29, 0.717) is 12.8 Å². The summed E-state index contributed by atoms with van der Waals surface area (Å²) in [5.74, 6) is 0.725. The van der Waals surface area contributed by atoms with E-state index in [2.05, 4.69) is 5.32 Å². The molecular weight excluding hydrogens is 400 g/mol. The number of carbonyl (C=O) groups is 1. The molecular formula is C26H28N4O2. The molecule has 0 saturated heterocycles. The molecule has 164 valence electrons. The number of para-hydroxylation sites is 2. The molecule has 2 aromatic carbocycles. The van der Waals surface area contributed by atoms with Gasteiger partial charge < -0.3 is 10.1 Å². The van der Waals surface area contributed by atoms with Crippen molar-refractivity contribution in [2.75, 3.05) is 5.32 Å². The summed E-state index contributed by atoms with van der Waals surface area (Å²) in [6.07, 6.45) is 5.81. The number of carbonyl (C=O) groups excluding carboxylic acids is 1. The molecule has 1 saturated carbocycles. The van der Waals surface area contributed by atoms with Gasteiger partial charge in [0.2, 0.25) is 5.91 Å². The average Bonchev–Trinajstić information content (AvgIpc) is 3.43.